The first kappa shape index (κ1) is 21.9. The second kappa shape index (κ2) is 9.07. The SMILES string of the molecule is N[C@H]([C@@H](N)C(O)(c1ccccc1)c1ccccc1)C(O)(c1ccccc1)c1ccccc1. The Bertz CT molecular complexity index is 947. The van der Waals surface area contributed by atoms with Gasteiger partial charge in [0.25, 0.3) is 0 Å². The molecule has 0 amide bonds. The maximum absolute atomic E-state index is 12.1. The molecule has 0 heterocycles. The number of hydrogen-bond donors (Lipinski definition) is 4. The van der Waals surface area contributed by atoms with E-state index in [1.54, 1.807) is 0 Å². The van der Waals surface area contributed by atoms with Crippen molar-refractivity contribution in [2.24, 2.45) is 11.5 Å². The molecule has 4 heteroatoms. The average molecular weight is 425 g/mol. The Kier molecular flexibility index (Phi) is 6.21. The number of hydrogen-bond acceptors (Lipinski definition) is 4. The summed E-state index contributed by atoms with van der Waals surface area (Å²) in [5.41, 5.74) is 12.8. The lowest BCUT2D eigenvalue weighted by Crippen LogP contribution is -2.64. The Morgan fingerprint density at radius 2 is 0.594 bits per heavy atom. The summed E-state index contributed by atoms with van der Waals surface area (Å²) in [6.07, 6.45) is 0. The zero-order chi connectivity index (χ0) is 22.6. The molecular weight excluding hydrogens is 396 g/mol. The molecule has 162 valence electrons. The first-order valence-corrected chi connectivity index (χ1v) is 10.7. The number of aliphatic hydroxyl groups is 2. The van der Waals surface area contributed by atoms with Crippen LogP contribution in [0.2, 0.25) is 0 Å². The van der Waals surface area contributed by atoms with Gasteiger partial charge in [0.05, 0.1) is 12.1 Å². The third-order valence-electron chi connectivity index (χ3n) is 6.21. The van der Waals surface area contributed by atoms with E-state index in [4.69, 9.17) is 11.5 Å². The molecule has 4 aromatic rings. The first-order chi connectivity index (χ1) is 15.5. The fraction of sp³-hybridized carbons (Fsp3) is 0.143. The van der Waals surface area contributed by atoms with Gasteiger partial charge in [-0.2, -0.15) is 0 Å². The van der Waals surface area contributed by atoms with E-state index >= 15 is 0 Å². The fourth-order valence-electron chi connectivity index (χ4n) is 4.39. The minimum atomic E-state index is -1.63. The molecule has 6 N–H and O–H groups in total. The highest BCUT2D eigenvalue weighted by molar-refractivity contribution is 5.43. The normalized spacial score (nSPS) is 14.0. The van der Waals surface area contributed by atoms with Crippen molar-refractivity contribution in [1.29, 1.82) is 0 Å². The molecule has 0 aliphatic carbocycles. The summed E-state index contributed by atoms with van der Waals surface area (Å²) in [6, 6.07) is 34.8. The summed E-state index contributed by atoms with van der Waals surface area (Å²) in [7, 11) is 0. The highest BCUT2D eigenvalue weighted by Gasteiger charge is 2.49. The van der Waals surface area contributed by atoms with Gasteiger partial charge >= 0.3 is 0 Å². The van der Waals surface area contributed by atoms with Gasteiger partial charge in [0.15, 0.2) is 0 Å². The van der Waals surface area contributed by atoms with Crippen LogP contribution >= 0.6 is 0 Å². The van der Waals surface area contributed by atoms with Crippen molar-refractivity contribution in [1.82, 2.24) is 0 Å². The molecule has 4 aromatic carbocycles. The lowest BCUT2D eigenvalue weighted by molar-refractivity contribution is -0.0175. The number of nitrogens with two attached hydrogens (primary N) is 2. The van der Waals surface area contributed by atoms with Gasteiger partial charge in [0.1, 0.15) is 11.2 Å². The predicted octanol–water partition coefficient (Wildman–Crippen LogP) is 3.51. The van der Waals surface area contributed by atoms with E-state index in [9.17, 15) is 10.2 Å². The minimum Gasteiger partial charge on any atom is -0.379 e. The van der Waals surface area contributed by atoms with E-state index in [0.717, 1.165) is 0 Å². The van der Waals surface area contributed by atoms with Crippen molar-refractivity contribution >= 4 is 0 Å². The number of benzene rings is 4. The van der Waals surface area contributed by atoms with Crippen LogP contribution < -0.4 is 11.5 Å². The van der Waals surface area contributed by atoms with Crippen LogP contribution in [0, 0.1) is 0 Å². The second-order valence-electron chi connectivity index (χ2n) is 8.05. The van der Waals surface area contributed by atoms with Gasteiger partial charge in [-0.15, -0.1) is 0 Å². The monoisotopic (exact) mass is 424 g/mol. The Morgan fingerprint density at radius 3 is 0.781 bits per heavy atom. The molecule has 0 fully saturated rings. The molecule has 0 saturated heterocycles. The maximum Gasteiger partial charge on any atom is 0.131 e. The summed E-state index contributed by atoms with van der Waals surface area (Å²) in [5.74, 6) is 0. The molecule has 2 atom stereocenters. The lowest BCUT2D eigenvalue weighted by atomic mass is 9.70. The summed E-state index contributed by atoms with van der Waals surface area (Å²) in [4.78, 5) is 0. The van der Waals surface area contributed by atoms with Gasteiger partial charge in [-0.1, -0.05) is 121 Å². The molecule has 0 saturated carbocycles. The van der Waals surface area contributed by atoms with Crippen LogP contribution in [0.1, 0.15) is 22.3 Å². The molecule has 0 radical (unpaired) electrons. The molecule has 0 spiro atoms. The van der Waals surface area contributed by atoms with Crippen LogP contribution in [0.5, 0.6) is 0 Å². The van der Waals surface area contributed by atoms with Gasteiger partial charge in [-0.25, -0.2) is 0 Å². The van der Waals surface area contributed by atoms with Crippen molar-refractivity contribution in [3.8, 4) is 0 Å². The smallest absolute Gasteiger partial charge is 0.131 e. The fourth-order valence-corrected chi connectivity index (χ4v) is 4.39. The third-order valence-corrected chi connectivity index (χ3v) is 6.21. The summed E-state index contributed by atoms with van der Waals surface area (Å²) in [6.45, 7) is 0. The molecular formula is C28H28N2O2. The van der Waals surface area contributed by atoms with Crippen molar-refractivity contribution in [2.45, 2.75) is 23.3 Å². The molecule has 0 aromatic heterocycles. The predicted molar refractivity (Wildman–Crippen MR) is 128 cm³/mol. The van der Waals surface area contributed by atoms with E-state index in [1.165, 1.54) is 0 Å². The first-order valence-electron chi connectivity index (χ1n) is 10.7. The van der Waals surface area contributed by atoms with E-state index in [1.807, 2.05) is 121 Å². The Morgan fingerprint density at radius 1 is 0.406 bits per heavy atom. The van der Waals surface area contributed by atoms with Gasteiger partial charge in [0, 0.05) is 0 Å². The third kappa shape index (κ3) is 3.74. The molecule has 4 rings (SSSR count). The van der Waals surface area contributed by atoms with Gasteiger partial charge in [-0.05, 0) is 22.3 Å². The quantitative estimate of drug-likeness (QED) is 0.365. The van der Waals surface area contributed by atoms with Crippen LogP contribution in [0.15, 0.2) is 121 Å². The zero-order valence-electron chi connectivity index (χ0n) is 17.8. The topological polar surface area (TPSA) is 92.5 Å². The minimum absolute atomic E-state index is 0.609. The van der Waals surface area contributed by atoms with Crippen LogP contribution in [0.3, 0.4) is 0 Å². The van der Waals surface area contributed by atoms with Crippen LogP contribution in [-0.4, -0.2) is 22.3 Å². The van der Waals surface area contributed by atoms with E-state index < -0.39 is 23.3 Å². The maximum atomic E-state index is 12.1. The Hall–Kier alpha value is -3.28. The second-order valence-corrected chi connectivity index (χ2v) is 8.05. The molecule has 32 heavy (non-hydrogen) atoms. The molecule has 4 nitrogen and oxygen atoms in total. The summed E-state index contributed by atoms with van der Waals surface area (Å²) >= 11 is 0. The molecule has 0 aliphatic rings. The lowest BCUT2D eigenvalue weighted by Gasteiger charge is -2.44. The van der Waals surface area contributed by atoms with Gasteiger partial charge < -0.3 is 21.7 Å². The van der Waals surface area contributed by atoms with Crippen molar-refractivity contribution in [3.63, 3.8) is 0 Å². The summed E-state index contributed by atoms with van der Waals surface area (Å²) < 4.78 is 0. The summed E-state index contributed by atoms with van der Waals surface area (Å²) in [5, 5.41) is 24.3. The highest BCUT2D eigenvalue weighted by atomic mass is 16.3. The Labute approximate surface area is 188 Å². The average Bonchev–Trinajstić information content (AvgIpc) is 2.89. The standard InChI is InChI=1S/C28H28N2O2/c29-25(27(31,21-13-5-1-6-14-21)22-15-7-2-8-16-22)26(30)28(32,23-17-9-3-10-18-23)24-19-11-4-12-20-24/h1-20,25-26,31-32H,29-30H2/t25-,26-/m1/s1. The largest absolute Gasteiger partial charge is 0.379 e. The van der Waals surface area contributed by atoms with Crippen LogP contribution in [0.4, 0.5) is 0 Å². The molecule has 0 unspecified atom stereocenters. The molecule has 0 aliphatic heterocycles. The van der Waals surface area contributed by atoms with Gasteiger partial charge in [-0.3, -0.25) is 0 Å². The van der Waals surface area contributed by atoms with Crippen LogP contribution in [-0.2, 0) is 11.2 Å². The van der Waals surface area contributed by atoms with E-state index in [-0.39, 0.29) is 0 Å². The van der Waals surface area contributed by atoms with Crippen LogP contribution in [0.25, 0.3) is 0 Å². The van der Waals surface area contributed by atoms with Crippen molar-refractivity contribution < 1.29 is 10.2 Å². The zero-order valence-corrected chi connectivity index (χ0v) is 17.8. The number of rotatable bonds is 7. The van der Waals surface area contributed by atoms with E-state index in [0.29, 0.717) is 22.3 Å². The molecule has 0 bridgehead atoms. The van der Waals surface area contributed by atoms with Gasteiger partial charge in [0.2, 0.25) is 0 Å². The van der Waals surface area contributed by atoms with E-state index in [2.05, 4.69) is 0 Å². The van der Waals surface area contributed by atoms with Crippen molar-refractivity contribution in [2.75, 3.05) is 0 Å². The Balaban J connectivity index is 1.89. The highest BCUT2D eigenvalue weighted by Crippen LogP contribution is 2.40. The van der Waals surface area contributed by atoms with Crippen molar-refractivity contribution in [3.05, 3.63) is 144 Å².